The van der Waals surface area contributed by atoms with Crippen LogP contribution in [0.2, 0.25) is 0 Å². The Bertz CT molecular complexity index is 529. The molecule has 0 radical (unpaired) electrons. The lowest BCUT2D eigenvalue weighted by Crippen LogP contribution is -2.40. The van der Waals surface area contributed by atoms with E-state index in [1.807, 2.05) is 13.8 Å². The summed E-state index contributed by atoms with van der Waals surface area (Å²) in [6.07, 6.45) is 1.65. The number of halogens is 1. The Morgan fingerprint density at radius 3 is 2.60 bits per heavy atom. The molecule has 0 aliphatic carbocycles. The number of hydrogen-bond acceptors (Lipinski definition) is 2. The van der Waals surface area contributed by atoms with Crippen molar-refractivity contribution in [2.24, 2.45) is 0 Å². The largest absolute Gasteiger partial charge is 0.478 e. The minimum Gasteiger partial charge on any atom is -0.478 e. The van der Waals surface area contributed by atoms with Gasteiger partial charge in [-0.3, -0.25) is 0 Å². The third kappa shape index (κ3) is 4.09. The van der Waals surface area contributed by atoms with Crippen molar-refractivity contribution in [2.45, 2.75) is 19.9 Å². The van der Waals surface area contributed by atoms with Gasteiger partial charge in [-0.1, -0.05) is 6.08 Å². The van der Waals surface area contributed by atoms with Gasteiger partial charge in [-0.25, -0.2) is 9.59 Å². The van der Waals surface area contributed by atoms with Crippen molar-refractivity contribution in [3.05, 3.63) is 40.9 Å². The zero-order valence-corrected chi connectivity index (χ0v) is 13.0. The summed E-state index contributed by atoms with van der Waals surface area (Å²) in [4.78, 5) is 24.6. The SMILES string of the molecule is C=CCN(C(=O)Nc1ccc(C(=O)O)cc1Br)C(C)C. The average Bonchev–Trinajstić information content (AvgIpc) is 2.37. The summed E-state index contributed by atoms with van der Waals surface area (Å²) in [5.41, 5.74) is 0.677. The van der Waals surface area contributed by atoms with Crippen molar-refractivity contribution in [1.82, 2.24) is 4.90 Å². The van der Waals surface area contributed by atoms with Crippen LogP contribution in [0.15, 0.2) is 35.3 Å². The molecule has 0 unspecified atom stereocenters. The fourth-order valence-corrected chi connectivity index (χ4v) is 2.08. The van der Waals surface area contributed by atoms with Crippen molar-refractivity contribution in [2.75, 3.05) is 11.9 Å². The van der Waals surface area contributed by atoms with E-state index in [1.54, 1.807) is 17.0 Å². The number of benzene rings is 1. The topological polar surface area (TPSA) is 69.6 Å². The van der Waals surface area contributed by atoms with E-state index in [2.05, 4.69) is 27.8 Å². The second-order valence-electron chi connectivity index (χ2n) is 4.46. The average molecular weight is 341 g/mol. The number of rotatable bonds is 5. The molecule has 0 heterocycles. The van der Waals surface area contributed by atoms with Crippen LogP contribution in [0.4, 0.5) is 10.5 Å². The van der Waals surface area contributed by atoms with E-state index in [0.29, 0.717) is 16.7 Å². The molecular weight excluding hydrogens is 324 g/mol. The highest BCUT2D eigenvalue weighted by Crippen LogP contribution is 2.24. The smallest absolute Gasteiger partial charge is 0.335 e. The molecule has 0 saturated heterocycles. The first kappa shape index (κ1) is 16.2. The maximum Gasteiger partial charge on any atom is 0.335 e. The van der Waals surface area contributed by atoms with E-state index in [4.69, 9.17) is 5.11 Å². The first-order chi connectivity index (χ1) is 9.36. The number of anilines is 1. The number of nitrogens with zero attached hydrogens (tertiary/aromatic N) is 1. The molecular formula is C14H17BrN2O3. The Morgan fingerprint density at radius 1 is 1.50 bits per heavy atom. The Balaban J connectivity index is 2.89. The van der Waals surface area contributed by atoms with Crippen LogP contribution in [-0.2, 0) is 0 Å². The van der Waals surface area contributed by atoms with Crippen LogP contribution >= 0.6 is 15.9 Å². The van der Waals surface area contributed by atoms with Gasteiger partial charge in [0.1, 0.15) is 0 Å². The fraction of sp³-hybridized carbons (Fsp3) is 0.286. The molecule has 0 atom stereocenters. The Labute approximate surface area is 126 Å². The number of carbonyl (C=O) groups is 2. The summed E-state index contributed by atoms with van der Waals surface area (Å²) in [5.74, 6) is -1.01. The summed E-state index contributed by atoms with van der Waals surface area (Å²) in [6.45, 7) is 7.88. The molecule has 1 aromatic carbocycles. The molecule has 20 heavy (non-hydrogen) atoms. The highest BCUT2D eigenvalue weighted by molar-refractivity contribution is 9.10. The fourth-order valence-electron chi connectivity index (χ4n) is 1.60. The number of carboxylic acids is 1. The first-order valence-electron chi connectivity index (χ1n) is 6.08. The lowest BCUT2D eigenvalue weighted by atomic mass is 10.2. The summed E-state index contributed by atoms with van der Waals surface area (Å²) in [7, 11) is 0. The molecule has 0 bridgehead atoms. The number of carbonyl (C=O) groups excluding carboxylic acids is 1. The molecule has 2 N–H and O–H groups in total. The van der Waals surface area contributed by atoms with Crippen LogP contribution in [0.3, 0.4) is 0 Å². The maximum atomic E-state index is 12.1. The van der Waals surface area contributed by atoms with Gasteiger partial charge in [0.25, 0.3) is 0 Å². The molecule has 0 aromatic heterocycles. The summed E-state index contributed by atoms with van der Waals surface area (Å²) in [5, 5.41) is 11.6. The van der Waals surface area contributed by atoms with Gasteiger partial charge in [0.2, 0.25) is 0 Å². The lowest BCUT2D eigenvalue weighted by Gasteiger charge is -2.25. The van der Waals surface area contributed by atoms with Gasteiger partial charge in [-0.15, -0.1) is 6.58 Å². The van der Waals surface area contributed by atoms with Gasteiger partial charge in [-0.05, 0) is 48.0 Å². The van der Waals surface area contributed by atoms with Crippen LogP contribution in [0, 0.1) is 0 Å². The number of urea groups is 1. The normalized spacial score (nSPS) is 10.2. The van der Waals surface area contributed by atoms with Gasteiger partial charge in [0.15, 0.2) is 0 Å². The monoisotopic (exact) mass is 340 g/mol. The number of hydrogen-bond donors (Lipinski definition) is 2. The van der Waals surface area contributed by atoms with Crippen LogP contribution in [-0.4, -0.2) is 34.6 Å². The van der Waals surface area contributed by atoms with Crippen molar-refractivity contribution < 1.29 is 14.7 Å². The summed E-state index contributed by atoms with van der Waals surface area (Å²) in [6, 6.07) is 4.22. The van der Waals surface area contributed by atoms with Gasteiger partial charge >= 0.3 is 12.0 Å². The van der Waals surface area contributed by atoms with Gasteiger partial charge < -0.3 is 15.3 Å². The highest BCUT2D eigenvalue weighted by Gasteiger charge is 2.17. The summed E-state index contributed by atoms with van der Waals surface area (Å²) >= 11 is 3.25. The third-order valence-electron chi connectivity index (χ3n) is 2.67. The minimum atomic E-state index is -1.01. The number of amides is 2. The molecule has 0 aliphatic heterocycles. The second-order valence-corrected chi connectivity index (χ2v) is 5.32. The zero-order chi connectivity index (χ0) is 15.3. The minimum absolute atomic E-state index is 0.0325. The second kappa shape index (κ2) is 7.09. The lowest BCUT2D eigenvalue weighted by molar-refractivity contribution is 0.0697. The van der Waals surface area contributed by atoms with Crippen LogP contribution in [0.25, 0.3) is 0 Å². The standard InChI is InChI=1S/C14H17BrN2O3/c1-4-7-17(9(2)3)14(20)16-12-6-5-10(13(18)19)8-11(12)15/h4-6,8-9H,1,7H2,2-3H3,(H,16,20)(H,18,19). The molecule has 5 nitrogen and oxygen atoms in total. The van der Waals surface area contributed by atoms with E-state index in [-0.39, 0.29) is 17.6 Å². The predicted molar refractivity (Wildman–Crippen MR) is 82.2 cm³/mol. The van der Waals surface area contributed by atoms with Crippen molar-refractivity contribution in [1.29, 1.82) is 0 Å². The molecule has 0 spiro atoms. The van der Waals surface area contributed by atoms with E-state index in [1.165, 1.54) is 12.1 Å². The third-order valence-corrected chi connectivity index (χ3v) is 3.32. The van der Waals surface area contributed by atoms with Gasteiger partial charge in [-0.2, -0.15) is 0 Å². The van der Waals surface area contributed by atoms with Crippen molar-refractivity contribution in [3.8, 4) is 0 Å². The molecule has 1 rings (SSSR count). The quantitative estimate of drug-likeness (QED) is 0.805. The molecule has 6 heteroatoms. The van der Waals surface area contributed by atoms with Crippen LogP contribution in [0.1, 0.15) is 24.2 Å². The van der Waals surface area contributed by atoms with Gasteiger partial charge in [0.05, 0.1) is 11.3 Å². The van der Waals surface area contributed by atoms with Crippen molar-refractivity contribution >= 4 is 33.6 Å². The van der Waals surface area contributed by atoms with E-state index in [0.717, 1.165) is 0 Å². The van der Waals surface area contributed by atoms with Crippen LogP contribution < -0.4 is 5.32 Å². The molecule has 0 aliphatic rings. The van der Waals surface area contributed by atoms with Crippen molar-refractivity contribution in [3.63, 3.8) is 0 Å². The number of nitrogens with one attached hydrogen (secondary N) is 1. The van der Waals surface area contributed by atoms with E-state index >= 15 is 0 Å². The maximum absolute atomic E-state index is 12.1. The van der Waals surface area contributed by atoms with Gasteiger partial charge in [0, 0.05) is 17.1 Å². The zero-order valence-electron chi connectivity index (χ0n) is 11.4. The molecule has 0 fully saturated rings. The Morgan fingerprint density at radius 2 is 2.15 bits per heavy atom. The molecule has 0 saturated carbocycles. The summed E-state index contributed by atoms with van der Waals surface area (Å²) < 4.78 is 0.521. The molecule has 2 amide bonds. The van der Waals surface area contributed by atoms with E-state index in [9.17, 15) is 9.59 Å². The Hall–Kier alpha value is -1.82. The predicted octanol–water partition coefficient (Wildman–Crippen LogP) is 3.58. The molecule has 1 aromatic rings. The first-order valence-corrected chi connectivity index (χ1v) is 6.87. The molecule has 108 valence electrons. The van der Waals surface area contributed by atoms with Crippen LogP contribution in [0.5, 0.6) is 0 Å². The number of aromatic carboxylic acids is 1. The van der Waals surface area contributed by atoms with E-state index < -0.39 is 5.97 Å². The Kier molecular flexibility index (Phi) is 5.76. The number of carboxylic acid groups (broad SMARTS) is 1. The highest BCUT2D eigenvalue weighted by atomic mass is 79.9.